The molecule has 6 nitrogen and oxygen atoms in total. The van der Waals surface area contributed by atoms with Gasteiger partial charge in [-0.1, -0.05) is 12.1 Å². The number of nitrogens with one attached hydrogen (secondary N) is 2. The molecule has 8 heteroatoms. The van der Waals surface area contributed by atoms with E-state index < -0.39 is 22.5 Å². The van der Waals surface area contributed by atoms with Gasteiger partial charge in [-0.3, -0.25) is 14.9 Å². The quantitative estimate of drug-likeness (QED) is 0.654. The molecule has 2 aromatic carbocycles. The molecule has 0 bridgehead atoms. The molecule has 0 fully saturated rings. The van der Waals surface area contributed by atoms with Gasteiger partial charge in [0, 0.05) is 12.1 Å². The molecular formula is C15H13F2N3O3. The van der Waals surface area contributed by atoms with Gasteiger partial charge in [0.1, 0.15) is 0 Å². The average Bonchev–Trinajstić information content (AvgIpc) is 2.50. The summed E-state index contributed by atoms with van der Waals surface area (Å²) in [4.78, 5) is 22.0. The van der Waals surface area contributed by atoms with Gasteiger partial charge in [0.2, 0.25) is 5.91 Å². The van der Waals surface area contributed by atoms with E-state index in [9.17, 15) is 23.7 Å². The lowest BCUT2D eigenvalue weighted by atomic mass is 10.2. The van der Waals surface area contributed by atoms with Crippen molar-refractivity contribution in [3.8, 4) is 0 Å². The fourth-order valence-electron chi connectivity index (χ4n) is 1.87. The minimum absolute atomic E-state index is 0.143. The number of nitro groups is 1. The lowest BCUT2D eigenvalue weighted by molar-refractivity contribution is -0.384. The third kappa shape index (κ3) is 4.00. The second kappa shape index (κ2) is 6.82. The Hall–Kier alpha value is -3.03. The average molecular weight is 321 g/mol. The molecule has 0 saturated carbocycles. The second-order valence-electron chi connectivity index (χ2n) is 4.76. The molecule has 23 heavy (non-hydrogen) atoms. The molecule has 0 saturated heterocycles. The highest BCUT2D eigenvalue weighted by atomic mass is 19.2. The van der Waals surface area contributed by atoms with Crippen LogP contribution in [0, 0.1) is 28.7 Å². The van der Waals surface area contributed by atoms with Crippen LogP contribution in [0.15, 0.2) is 36.4 Å². The van der Waals surface area contributed by atoms with Gasteiger partial charge >= 0.3 is 0 Å². The van der Waals surface area contributed by atoms with Crippen LogP contribution in [-0.2, 0) is 4.79 Å². The normalized spacial score (nSPS) is 10.2. The number of nitrogens with zero attached hydrogens (tertiary/aromatic N) is 1. The molecule has 0 aliphatic rings. The Balaban J connectivity index is 2.04. The highest BCUT2D eigenvalue weighted by Gasteiger charge is 2.12. The van der Waals surface area contributed by atoms with Crippen LogP contribution in [0.25, 0.3) is 0 Å². The van der Waals surface area contributed by atoms with E-state index in [4.69, 9.17) is 0 Å². The van der Waals surface area contributed by atoms with Crippen molar-refractivity contribution in [2.24, 2.45) is 0 Å². The summed E-state index contributed by atoms with van der Waals surface area (Å²) in [6.45, 7) is 1.36. The molecule has 1 amide bonds. The van der Waals surface area contributed by atoms with Gasteiger partial charge in [0.05, 0.1) is 22.8 Å². The van der Waals surface area contributed by atoms with Crippen molar-refractivity contribution in [3.63, 3.8) is 0 Å². The molecular weight excluding hydrogens is 308 g/mol. The summed E-state index contributed by atoms with van der Waals surface area (Å²) in [5, 5.41) is 15.7. The number of nitro benzene ring substituents is 1. The van der Waals surface area contributed by atoms with E-state index in [0.29, 0.717) is 5.56 Å². The Kier molecular flexibility index (Phi) is 4.85. The summed E-state index contributed by atoms with van der Waals surface area (Å²) in [6, 6.07) is 7.63. The van der Waals surface area contributed by atoms with E-state index in [1.807, 2.05) is 0 Å². The Bertz CT molecular complexity index is 766. The van der Waals surface area contributed by atoms with E-state index in [1.165, 1.54) is 30.3 Å². The Morgan fingerprint density at radius 3 is 2.65 bits per heavy atom. The molecule has 0 atom stereocenters. The molecule has 2 aromatic rings. The van der Waals surface area contributed by atoms with Crippen molar-refractivity contribution in [1.29, 1.82) is 0 Å². The van der Waals surface area contributed by atoms with Gasteiger partial charge in [-0.05, 0) is 24.6 Å². The number of amides is 1. The molecule has 0 aliphatic heterocycles. The lowest BCUT2D eigenvalue weighted by Crippen LogP contribution is -2.22. The highest BCUT2D eigenvalue weighted by Crippen LogP contribution is 2.22. The van der Waals surface area contributed by atoms with Gasteiger partial charge in [-0.25, -0.2) is 8.78 Å². The predicted molar refractivity (Wildman–Crippen MR) is 81.3 cm³/mol. The van der Waals surface area contributed by atoms with Gasteiger partial charge < -0.3 is 10.6 Å². The van der Waals surface area contributed by atoms with Crippen LogP contribution >= 0.6 is 0 Å². The molecule has 0 aliphatic carbocycles. The largest absolute Gasteiger partial charge is 0.374 e. The molecule has 0 heterocycles. The van der Waals surface area contributed by atoms with Crippen molar-refractivity contribution < 1.29 is 18.5 Å². The fraction of sp³-hybridized carbons (Fsp3) is 0.133. The summed E-state index contributed by atoms with van der Waals surface area (Å²) in [7, 11) is 0. The molecule has 2 N–H and O–H groups in total. The molecule has 0 unspecified atom stereocenters. The smallest absolute Gasteiger partial charge is 0.271 e. The van der Waals surface area contributed by atoms with Crippen molar-refractivity contribution in [2.75, 3.05) is 17.2 Å². The SMILES string of the molecule is Cc1ccc([N+](=O)[O-])cc1NC(=O)CNc1cccc(F)c1F. The van der Waals surface area contributed by atoms with Crippen molar-refractivity contribution >= 4 is 23.0 Å². The van der Waals surface area contributed by atoms with Gasteiger partial charge in [-0.2, -0.15) is 0 Å². The number of benzene rings is 2. The van der Waals surface area contributed by atoms with E-state index in [1.54, 1.807) is 6.92 Å². The van der Waals surface area contributed by atoms with Crippen LogP contribution in [0.3, 0.4) is 0 Å². The van der Waals surface area contributed by atoms with Crippen LogP contribution < -0.4 is 10.6 Å². The molecule has 0 spiro atoms. The first-order chi connectivity index (χ1) is 10.9. The van der Waals surface area contributed by atoms with Crippen LogP contribution in [0.1, 0.15) is 5.56 Å². The molecule has 0 radical (unpaired) electrons. The number of hydrogen-bond acceptors (Lipinski definition) is 4. The highest BCUT2D eigenvalue weighted by molar-refractivity contribution is 5.94. The predicted octanol–water partition coefficient (Wildman–Crippen LogP) is 3.23. The Labute approximate surface area is 130 Å². The van der Waals surface area contributed by atoms with E-state index in [-0.39, 0.29) is 23.6 Å². The van der Waals surface area contributed by atoms with E-state index in [2.05, 4.69) is 10.6 Å². The maximum Gasteiger partial charge on any atom is 0.271 e. The van der Waals surface area contributed by atoms with Crippen LogP contribution in [0.2, 0.25) is 0 Å². The number of rotatable bonds is 5. The van der Waals surface area contributed by atoms with Gasteiger partial charge in [0.15, 0.2) is 11.6 Å². The maximum atomic E-state index is 13.4. The van der Waals surface area contributed by atoms with E-state index in [0.717, 1.165) is 6.07 Å². The maximum absolute atomic E-state index is 13.4. The van der Waals surface area contributed by atoms with Crippen LogP contribution in [-0.4, -0.2) is 17.4 Å². The molecule has 120 valence electrons. The first-order valence-electron chi connectivity index (χ1n) is 6.61. The minimum Gasteiger partial charge on any atom is -0.374 e. The van der Waals surface area contributed by atoms with Gasteiger partial charge in [-0.15, -0.1) is 0 Å². The summed E-state index contributed by atoms with van der Waals surface area (Å²) < 4.78 is 26.5. The zero-order chi connectivity index (χ0) is 17.0. The van der Waals surface area contributed by atoms with Gasteiger partial charge in [0.25, 0.3) is 5.69 Å². The van der Waals surface area contributed by atoms with E-state index >= 15 is 0 Å². The van der Waals surface area contributed by atoms with Crippen molar-refractivity contribution in [1.82, 2.24) is 0 Å². The number of aryl methyl sites for hydroxylation is 1. The first kappa shape index (κ1) is 16.3. The summed E-state index contributed by atoms with van der Waals surface area (Å²) in [5.41, 5.74) is 0.623. The summed E-state index contributed by atoms with van der Waals surface area (Å²) >= 11 is 0. The summed E-state index contributed by atoms with van der Waals surface area (Å²) in [5.74, 6) is -2.64. The second-order valence-corrected chi connectivity index (χ2v) is 4.76. The third-order valence-electron chi connectivity index (χ3n) is 3.10. The zero-order valence-corrected chi connectivity index (χ0v) is 12.1. The van der Waals surface area contributed by atoms with Crippen molar-refractivity contribution in [2.45, 2.75) is 6.92 Å². The number of carbonyl (C=O) groups is 1. The summed E-state index contributed by atoms with van der Waals surface area (Å²) in [6.07, 6.45) is 0. The molecule has 0 aromatic heterocycles. The van der Waals surface area contributed by atoms with Crippen LogP contribution in [0.5, 0.6) is 0 Å². The molecule has 2 rings (SSSR count). The first-order valence-corrected chi connectivity index (χ1v) is 6.61. The number of halogens is 2. The number of anilines is 2. The number of non-ortho nitro benzene ring substituents is 1. The number of carbonyl (C=O) groups excluding carboxylic acids is 1. The number of hydrogen-bond donors (Lipinski definition) is 2. The third-order valence-corrected chi connectivity index (χ3v) is 3.10. The van der Waals surface area contributed by atoms with Crippen LogP contribution in [0.4, 0.5) is 25.8 Å². The zero-order valence-electron chi connectivity index (χ0n) is 12.1. The van der Waals surface area contributed by atoms with Crippen molar-refractivity contribution in [3.05, 3.63) is 63.7 Å². The monoisotopic (exact) mass is 321 g/mol. The standard InChI is InChI=1S/C15H13F2N3O3/c1-9-5-6-10(20(22)23)7-13(9)19-14(21)8-18-12-4-2-3-11(16)15(12)17/h2-7,18H,8H2,1H3,(H,19,21). The Morgan fingerprint density at radius 2 is 1.96 bits per heavy atom. The Morgan fingerprint density at radius 1 is 1.22 bits per heavy atom. The lowest BCUT2D eigenvalue weighted by Gasteiger charge is -2.10. The fourth-order valence-corrected chi connectivity index (χ4v) is 1.87. The minimum atomic E-state index is -1.08. The topological polar surface area (TPSA) is 84.3 Å².